The molecule has 0 spiro atoms. The maximum absolute atomic E-state index is 12.8. The third-order valence-electron chi connectivity index (χ3n) is 4.29. The summed E-state index contributed by atoms with van der Waals surface area (Å²) in [4.78, 5) is 12.8. The fourth-order valence-corrected chi connectivity index (χ4v) is 2.78. The number of Topliss-reactive ketones (excluding diaryl/α,β-unsaturated/α-hetero) is 1. The Morgan fingerprint density at radius 3 is 2.17 bits per heavy atom. The Hall–Kier alpha value is -1.15. The first kappa shape index (κ1) is 13.3. The highest BCUT2D eigenvalue weighted by Gasteiger charge is 2.39. The molecule has 1 heterocycles. The molecule has 0 radical (unpaired) electrons. The lowest BCUT2D eigenvalue weighted by Gasteiger charge is -2.25. The van der Waals surface area contributed by atoms with Gasteiger partial charge in [0.15, 0.2) is 5.78 Å². The first-order valence-electron chi connectivity index (χ1n) is 6.63. The first-order chi connectivity index (χ1) is 8.37. The molecule has 1 aliphatic heterocycles. The van der Waals surface area contributed by atoms with Crippen molar-refractivity contribution in [3.63, 3.8) is 0 Å². The number of aryl methyl sites for hydroxylation is 2. The second-order valence-corrected chi connectivity index (χ2v) is 5.65. The summed E-state index contributed by atoms with van der Waals surface area (Å²) < 4.78 is 5.70. The summed E-state index contributed by atoms with van der Waals surface area (Å²) in [6, 6.07) is 2.15. The fourth-order valence-electron chi connectivity index (χ4n) is 2.78. The summed E-state index contributed by atoms with van der Waals surface area (Å²) in [5, 5.41) is 0. The molecule has 2 rings (SSSR count). The smallest absolute Gasteiger partial charge is 0.194 e. The van der Waals surface area contributed by atoms with Crippen LogP contribution in [-0.2, 0) is 4.74 Å². The third kappa shape index (κ3) is 1.99. The number of carbonyl (C=O) groups excluding carboxylic acids is 1. The average molecular weight is 246 g/mol. The van der Waals surface area contributed by atoms with Crippen LogP contribution in [0.3, 0.4) is 0 Å². The molecule has 2 heteroatoms. The maximum atomic E-state index is 12.8. The van der Waals surface area contributed by atoms with Crippen LogP contribution in [0.1, 0.15) is 52.4 Å². The van der Waals surface area contributed by atoms with Crippen LogP contribution < -0.4 is 0 Å². The van der Waals surface area contributed by atoms with E-state index in [9.17, 15) is 4.79 Å². The summed E-state index contributed by atoms with van der Waals surface area (Å²) in [5.74, 6) is 0.154. The number of ether oxygens (including phenoxy) is 1. The SMILES string of the molecule is Cc1cc(C)c(C)c(C(=O)C2(C)CCCO2)c1C. The van der Waals surface area contributed by atoms with E-state index < -0.39 is 5.60 Å². The summed E-state index contributed by atoms with van der Waals surface area (Å²) in [5.41, 5.74) is 4.82. The number of ketones is 1. The van der Waals surface area contributed by atoms with Crippen molar-refractivity contribution in [3.8, 4) is 0 Å². The van der Waals surface area contributed by atoms with E-state index in [2.05, 4.69) is 19.9 Å². The van der Waals surface area contributed by atoms with Gasteiger partial charge in [0, 0.05) is 12.2 Å². The Balaban J connectivity index is 2.54. The van der Waals surface area contributed by atoms with Crippen LogP contribution in [0.4, 0.5) is 0 Å². The lowest BCUT2D eigenvalue weighted by molar-refractivity contribution is 0.0212. The average Bonchev–Trinajstić information content (AvgIpc) is 2.75. The number of hydrogen-bond acceptors (Lipinski definition) is 2. The van der Waals surface area contributed by atoms with E-state index >= 15 is 0 Å². The highest BCUT2D eigenvalue weighted by Crippen LogP contribution is 2.32. The molecule has 0 bridgehead atoms. The van der Waals surface area contributed by atoms with Crippen molar-refractivity contribution in [2.75, 3.05) is 6.61 Å². The minimum Gasteiger partial charge on any atom is -0.367 e. The van der Waals surface area contributed by atoms with Crippen molar-refractivity contribution >= 4 is 5.78 Å². The van der Waals surface area contributed by atoms with Gasteiger partial charge in [0.1, 0.15) is 5.60 Å². The Bertz CT molecular complexity index is 468. The number of rotatable bonds is 2. The van der Waals surface area contributed by atoms with Crippen LogP contribution in [0.25, 0.3) is 0 Å². The maximum Gasteiger partial charge on any atom is 0.194 e. The van der Waals surface area contributed by atoms with E-state index in [1.807, 2.05) is 20.8 Å². The van der Waals surface area contributed by atoms with Gasteiger partial charge >= 0.3 is 0 Å². The number of hydrogen-bond donors (Lipinski definition) is 0. The van der Waals surface area contributed by atoms with Crippen molar-refractivity contribution in [1.82, 2.24) is 0 Å². The van der Waals surface area contributed by atoms with Crippen LogP contribution in [0, 0.1) is 27.7 Å². The molecule has 0 aromatic heterocycles. The first-order valence-corrected chi connectivity index (χ1v) is 6.63. The number of benzene rings is 1. The molecule has 1 fully saturated rings. The van der Waals surface area contributed by atoms with Gasteiger partial charge in [-0.2, -0.15) is 0 Å². The molecule has 0 saturated carbocycles. The van der Waals surface area contributed by atoms with Gasteiger partial charge in [0.25, 0.3) is 0 Å². The van der Waals surface area contributed by atoms with Crippen molar-refractivity contribution < 1.29 is 9.53 Å². The van der Waals surface area contributed by atoms with Crippen LogP contribution >= 0.6 is 0 Å². The quantitative estimate of drug-likeness (QED) is 0.744. The Morgan fingerprint density at radius 1 is 1.17 bits per heavy atom. The van der Waals surface area contributed by atoms with Gasteiger partial charge in [0.05, 0.1) is 0 Å². The van der Waals surface area contributed by atoms with Gasteiger partial charge in [-0.05, 0) is 69.7 Å². The lowest BCUT2D eigenvalue weighted by Crippen LogP contribution is -2.35. The molecule has 98 valence electrons. The van der Waals surface area contributed by atoms with E-state index in [4.69, 9.17) is 4.74 Å². The van der Waals surface area contributed by atoms with Gasteiger partial charge in [0.2, 0.25) is 0 Å². The van der Waals surface area contributed by atoms with Crippen LogP contribution in [-0.4, -0.2) is 18.0 Å². The Labute approximate surface area is 109 Å². The van der Waals surface area contributed by atoms with Crippen molar-refractivity contribution in [2.45, 2.75) is 53.1 Å². The zero-order chi connectivity index (χ0) is 13.5. The largest absolute Gasteiger partial charge is 0.367 e. The van der Waals surface area contributed by atoms with Gasteiger partial charge in [-0.25, -0.2) is 0 Å². The van der Waals surface area contributed by atoms with Gasteiger partial charge < -0.3 is 4.74 Å². The minimum absolute atomic E-state index is 0.154. The minimum atomic E-state index is -0.615. The van der Waals surface area contributed by atoms with E-state index in [0.717, 1.165) is 29.5 Å². The molecule has 1 atom stereocenters. The monoisotopic (exact) mass is 246 g/mol. The highest BCUT2D eigenvalue weighted by atomic mass is 16.5. The Morgan fingerprint density at radius 2 is 1.72 bits per heavy atom. The van der Waals surface area contributed by atoms with Gasteiger partial charge in [-0.15, -0.1) is 0 Å². The van der Waals surface area contributed by atoms with Gasteiger partial charge in [-0.3, -0.25) is 4.79 Å². The van der Waals surface area contributed by atoms with E-state index in [-0.39, 0.29) is 5.78 Å². The predicted octanol–water partition coefficient (Wildman–Crippen LogP) is 3.67. The second kappa shape index (κ2) is 4.51. The molecule has 18 heavy (non-hydrogen) atoms. The standard InChI is InChI=1S/C16H22O2/c1-10-9-11(2)13(4)14(12(10)3)15(17)16(5)7-6-8-18-16/h9H,6-8H2,1-5H3. The van der Waals surface area contributed by atoms with Gasteiger partial charge in [-0.1, -0.05) is 6.07 Å². The molecular weight excluding hydrogens is 224 g/mol. The van der Waals surface area contributed by atoms with Crippen molar-refractivity contribution in [3.05, 3.63) is 33.9 Å². The topological polar surface area (TPSA) is 26.3 Å². The van der Waals surface area contributed by atoms with Crippen LogP contribution in [0.2, 0.25) is 0 Å². The molecule has 1 aromatic carbocycles. The van der Waals surface area contributed by atoms with Crippen LogP contribution in [0.15, 0.2) is 6.07 Å². The summed E-state index contributed by atoms with van der Waals surface area (Å²) in [6.07, 6.45) is 1.81. The normalized spacial score (nSPS) is 23.4. The highest BCUT2D eigenvalue weighted by molar-refractivity contribution is 6.05. The van der Waals surface area contributed by atoms with Crippen molar-refractivity contribution in [2.24, 2.45) is 0 Å². The van der Waals surface area contributed by atoms with Crippen molar-refractivity contribution in [1.29, 1.82) is 0 Å². The summed E-state index contributed by atoms with van der Waals surface area (Å²) in [6.45, 7) is 10.8. The lowest BCUT2D eigenvalue weighted by atomic mass is 9.84. The number of carbonyl (C=O) groups is 1. The molecule has 1 saturated heterocycles. The second-order valence-electron chi connectivity index (χ2n) is 5.65. The molecule has 0 amide bonds. The zero-order valence-electron chi connectivity index (χ0n) is 12.0. The molecular formula is C16H22O2. The molecule has 1 aromatic rings. The molecule has 0 aliphatic carbocycles. The van der Waals surface area contributed by atoms with E-state index in [0.29, 0.717) is 6.61 Å². The predicted molar refractivity (Wildman–Crippen MR) is 73.3 cm³/mol. The summed E-state index contributed by atoms with van der Waals surface area (Å²) >= 11 is 0. The fraction of sp³-hybridized carbons (Fsp3) is 0.562. The van der Waals surface area contributed by atoms with Crippen LogP contribution in [0.5, 0.6) is 0 Å². The molecule has 0 N–H and O–H groups in total. The molecule has 1 unspecified atom stereocenters. The summed E-state index contributed by atoms with van der Waals surface area (Å²) in [7, 11) is 0. The zero-order valence-corrected chi connectivity index (χ0v) is 12.0. The third-order valence-corrected chi connectivity index (χ3v) is 4.29. The molecule has 1 aliphatic rings. The van der Waals surface area contributed by atoms with E-state index in [1.54, 1.807) is 0 Å². The molecule has 2 nitrogen and oxygen atoms in total. The Kier molecular flexibility index (Phi) is 3.33. The van der Waals surface area contributed by atoms with E-state index in [1.165, 1.54) is 11.1 Å².